The summed E-state index contributed by atoms with van der Waals surface area (Å²) in [4.78, 5) is 19.9. The lowest BCUT2D eigenvalue weighted by atomic mass is 10.1. The first-order valence-corrected chi connectivity index (χ1v) is 4.72. The zero-order valence-corrected chi connectivity index (χ0v) is 9.31. The molecule has 0 saturated heterocycles. The van der Waals surface area contributed by atoms with E-state index in [-0.39, 0.29) is 0 Å². The largest absolute Gasteiger partial charge is 0.480 e. The number of nitrogens with two attached hydrogens (primary N) is 3. The van der Waals surface area contributed by atoms with Crippen molar-refractivity contribution in [1.82, 2.24) is 5.43 Å². The van der Waals surface area contributed by atoms with Crippen molar-refractivity contribution in [2.24, 2.45) is 17.3 Å². The predicted octanol–water partition coefficient (Wildman–Crippen LogP) is -1.26. The number of aliphatic carboxylic acids is 1. The Morgan fingerprint density at radius 2 is 2.00 bits per heavy atom. The van der Waals surface area contributed by atoms with E-state index in [0.29, 0.717) is 13.0 Å². The van der Waals surface area contributed by atoms with Gasteiger partial charge in [0.1, 0.15) is 6.04 Å². The Kier molecular flexibility index (Phi) is 12.4. The molecule has 0 aromatic carbocycles. The van der Waals surface area contributed by atoms with Gasteiger partial charge < -0.3 is 21.3 Å². The first-order valence-electron chi connectivity index (χ1n) is 4.72. The fourth-order valence-corrected chi connectivity index (χ4v) is 0.691. The number of rotatable bonds is 5. The standard InChI is InChI=1S/C6H14N2O2.C2H6N2O2/c7-4-2-1-3-5(8)6(9)10;1-6-2(5)4-3/h5H,1-4,7-8H2,(H,9,10);3H2,1H3,(H,4,5)/t5-;/m0./s1. The molecule has 0 aliphatic rings. The summed E-state index contributed by atoms with van der Waals surface area (Å²) >= 11 is 0. The molecule has 0 fully saturated rings. The molecule has 0 bridgehead atoms. The number of hydrazine groups is 1. The summed E-state index contributed by atoms with van der Waals surface area (Å²) in [5.41, 5.74) is 12.2. The highest BCUT2D eigenvalue weighted by atomic mass is 16.5. The lowest BCUT2D eigenvalue weighted by Gasteiger charge is -2.03. The molecule has 96 valence electrons. The summed E-state index contributed by atoms with van der Waals surface area (Å²) in [6, 6.07) is -0.716. The normalized spacial score (nSPS) is 10.8. The second kappa shape index (κ2) is 11.7. The number of carbonyl (C=O) groups excluding carboxylic acids is 1. The number of hydrogen-bond donors (Lipinski definition) is 5. The number of unbranched alkanes of at least 4 members (excludes halogenated alkanes) is 1. The molecule has 0 aliphatic heterocycles. The Morgan fingerprint density at radius 1 is 1.44 bits per heavy atom. The van der Waals surface area contributed by atoms with Gasteiger partial charge in [-0.1, -0.05) is 6.42 Å². The number of carbonyl (C=O) groups is 2. The van der Waals surface area contributed by atoms with Crippen molar-refractivity contribution in [2.45, 2.75) is 25.3 Å². The van der Waals surface area contributed by atoms with Crippen LogP contribution in [0.2, 0.25) is 0 Å². The quantitative estimate of drug-likeness (QED) is 0.173. The smallest absolute Gasteiger partial charge is 0.421 e. The Hall–Kier alpha value is -1.38. The Morgan fingerprint density at radius 3 is 2.25 bits per heavy atom. The van der Waals surface area contributed by atoms with Crippen molar-refractivity contribution >= 4 is 12.1 Å². The van der Waals surface area contributed by atoms with Crippen molar-refractivity contribution in [3.8, 4) is 0 Å². The van der Waals surface area contributed by atoms with Crippen LogP contribution in [0.15, 0.2) is 0 Å². The van der Waals surface area contributed by atoms with Crippen LogP contribution in [0, 0.1) is 0 Å². The molecule has 0 aliphatic carbocycles. The first-order chi connectivity index (χ1) is 7.49. The lowest BCUT2D eigenvalue weighted by molar-refractivity contribution is -0.138. The van der Waals surface area contributed by atoms with Gasteiger partial charge in [-0.3, -0.25) is 10.2 Å². The van der Waals surface area contributed by atoms with E-state index in [1.807, 2.05) is 0 Å². The van der Waals surface area contributed by atoms with Gasteiger partial charge in [-0.05, 0) is 19.4 Å². The molecular weight excluding hydrogens is 216 g/mol. The lowest BCUT2D eigenvalue weighted by Crippen LogP contribution is -2.29. The van der Waals surface area contributed by atoms with Gasteiger partial charge in [0.15, 0.2) is 0 Å². The monoisotopic (exact) mass is 236 g/mol. The van der Waals surface area contributed by atoms with Crippen LogP contribution in [0.3, 0.4) is 0 Å². The van der Waals surface area contributed by atoms with Crippen LogP contribution in [0.1, 0.15) is 19.3 Å². The Bertz CT molecular complexity index is 194. The summed E-state index contributed by atoms with van der Waals surface area (Å²) in [7, 11) is 1.24. The number of methoxy groups -OCH3 is 1. The zero-order chi connectivity index (χ0) is 13.0. The van der Waals surface area contributed by atoms with E-state index in [4.69, 9.17) is 16.6 Å². The molecule has 0 spiro atoms. The molecule has 0 aromatic heterocycles. The number of hydrogen-bond acceptors (Lipinski definition) is 6. The van der Waals surface area contributed by atoms with Crippen LogP contribution in [0.25, 0.3) is 0 Å². The highest BCUT2D eigenvalue weighted by molar-refractivity contribution is 5.72. The van der Waals surface area contributed by atoms with Gasteiger partial charge in [0.25, 0.3) is 0 Å². The van der Waals surface area contributed by atoms with E-state index in [1.165, 1.54) is 7.11 Å². The summed E-state index contributed by atoms with van der Waals surface area (Å²) in [6.45, 7) is 0.604. The van der Waals surface area contributed by atoms with E-state index in [0.717, 1.165) is 12.8 Å². The maximum absolute atomic E-state index is 10.1. The predicted molar refractivity (Wildman–Crippen MR) is 58.2 cm³/mol. The van der Waals surface area contributed by atoms with Crippen molar-refractivity contribution < 1.29 is 19.4 Å². The molecule has 0 heterocycles. The van der Waals surface area contributed by atoms with Gasteiger partial charge >= 0.3 is 12.1 Å². The molecule has 16 heavy (non-hydrogen) atoms. The number of nitrogens with one attached hydrogen (secondary N) is 1. The van der Waals surface area contributed by atoms with Gasteiger partial charge in [-0.15, -0.1) is 0 Å². The van der Waals surface area contributed by atoms with Crippen LogP contribution < -0.4 is 22.7 Å². The van der Waals surface area contributed by atoms with E-state index >= 15 is 0 Å². The second-order valence-corrected chi connectivity index (χ2v) is 2.87. The molecular formula is C8H20N4O4. The van der Waals surface area contributed by atoms with Crippen LogP contribution in [-0.2, 0) is 9.53 Å². The summed E-state index contributed by atoms with van der Waals surface area (Å²) in [5, 5.41) is 8.33. The summed E-state index contributed by atoms with van der Waals surface area (Å²) < 4.78 is 4.02. The zero-order valence-electron chi connectivity index (χ0n) is 9.31. The number of amides is 1. The maximum Gasteiger partial charge on any atom is 0.421 e. The molecule has 0 saturated carbocycles. The highest BCUT2D eigenvalue weighted by Crippen LogP contribution is 1.96. The highest BCUT2D eigenvalue weighted by Gasteiger charge is 2.09. The van der Waals surface area contributed by atoms with Gasteiger partial charge in [-0.25, -0.2) is 10.6 Å². The third kappa shape index (κ3) is 12.6. The summed E-state index contributed by atoms with van der Waals surface area (Å²) in [6.07, 6.45) is 1.53. The molecule has 0 radical (unpaired) electrons. The molecule has 1 atom stereocenters. The minimum Gasteiger partial charge on any atom is -0.480 e. The average molecular weight is 236 g/mol. The molecule has 0 unspecified atom stereocenters. The summed E-state index contributed by atoms with van der Waals surface area (Å²) in [5.74, 6) is 3.62. The molecule has 8 heteroatoms. The molecule has 0 aromatic rings. The van der Waals surface area contributed by atoms with Crippen LogP contribution in [-0.4, -0.2) is 36.9 Å². The van der Waals surface area contributed by atoms with Crippen LogP contribution in [0.5, 0.6) is 0 Å². The number of ether oxygens (including phenoxy) is 1. The second-order valence-electron chi connectivity index (χ2n) is 2.87. The third-order valence-corrected chi connectivity index (χ3v) is 1.59. The average Bonchev–Trinajstić information content (AvgIpc) is 2.28. The fraction of sp³-hybridized carbons (Fsp3) is 0.750. The van der Waals surface area contributed by atoms with Crippen LogP contribution in [0.4, 0.5) is 4.79 Å². The molecule has 0 rings (SSSR count). The van der Waals surface area contributed by atoms with E-state index < -0.39 is 18.1 Å². The molecule has 8 nitrogen and oxygen atoms in total. The molecule has 1 amide bonds. The SMILES string of the molecule is COC(=O)NN.NCCCC[C@H](N)C(=O)O. The van der Waals surface area contributed by atoms with Crippen molar-refractivity contribution in [1.29, 1.82) is 0 Å². The topological polar surface area (TPSA) is 154 Å². The molecule has 8 N–H and O–H groups in total. The minimum absolute atomic E-state index is 0.520. The van der Waals surface area contributed by atoms with Crippen molar-refractivity contribution in [3.63, 3.8) is 0 Å². The number of carboxylic acids is 1. The van der Waals surface area contributed by atoms with E-state index in [1.54, 1.807) is 5.43 Å². The van der Waals surface area contributed by atoms with Crippen LogP contribution >= 0.6 is 0 Å². The van der Waals surface area contributed by atoms with E-state index in [9.17, 15) is 9.59 Å². The fourth-order valence-electron chi connectivity index (χ4n) is 0.691. The van der Waals surface area contributed by atoms with Crippen molar-refractivity contribution in [2.75, 3.05) is 13.7 Å². The van der Waals surface area contributed by atoms with Gasteiger partial charge in [-0.2, -0.15) is 0 Å². The van der Waals surface area contributed by atoms with E-state index in [2.05, 4.69) is 10.6 Å². The minimum atomic E-state index is -0.933. The van der Waals surface area contributed by atoms with Crippen molar-refractivity contribution in [3.05, 3.63) is 0 Å². The Balaban J connectivity index is 0. The number of carboxylic acid groups (broad SMARTS) is 1. The van der Waals surface area contributed by atoms with Gasteiger partial charge in [0, 0.05) is 0 Å². The maximum atomic E-state index is 10.1. The van der Waals surface area contributed by atoms with Gasteiger partial charge in [0.2, 0.25) is 0 Å². The third-order valence-electron chi connectivity index (χ3n) is 1.59. The first kappa shape index (κ1) is 17.0. The Labute approximate surface area is 94.1 Å². The van der Waals surface area contributed by atoms with Gasteiger partial charge in [0.05, 0.1) is 7.11 Å².